The van der Waals surface area contributed by atoms with Gasteiger partial charge in [0.2, 0.25) is 0 Å². The number of aromatic amines is 1. The molecule has 0 amide bonds. The lowest BCUT2D eigenvalue weighted by molar-refractivity contribution is 0.0696. The fraction of sp³-hybridized carbons (Fsp3) is 0. The predicted molar refractivity (Wildman–Crippen MR) is 44.4 cm³/mol. The molecule has 0 aliphatic rings. The highest BCUT2D eigenvalue weighted by Gasteiger charge is 2.07. The first-order chi connectivity index (χ1) is 6.77. The molecule has 0 atom stereocenters. The standard InChI is InChI=1S/C7H5N5O2/c13-7(14)4-1-8-6(9-2-4)5-3-10-12-11-5/h1-3H,(H,13,14)(H,10,11,12). The highest BCUT2D eigenvalue weighted by atomic mass is 16.4. The third-order valence-corrected chi connectivity index (χ3v) is 1.54. The summed E-state index contributed by atoms with van der Waals surface area (Å²) in [5.74, 6) is -0.722. The van der Waals surface area contributed by atoms with Gasteiger partial charge in [-0.15, -0.1) is 0 Å². The number of nitrogens with zero attached hydrogens (tertiary/aromatic N) is 4. The molecule has 2 N–H and O–H groups in total. The number of rotatable bonds is 2. The van der Waals surface area contributed by atoms with Crippen LogP contribution in [0.1, 0.15) is 10.4 Å². The molecule has 0 radical (unpaired) electrons. The maximum Gasteiger partial charge on any atom is 0.338 e. The summed E-state index contributed by atoms with van der Waals surface area (Å²) in [4.78, 5) is 18.1. The third-order valence-electron chi connectivity index (χ3n) is 1.54. The monoisotopic (exact) mass is 191 g/mol. The van der Waals surface area contributed by atoms with E-state index in [0.717, 1.165) is 0 Å². The zero-order chi connectivity index (χ0) is 9.97. The van der Waals surface area contributed by atoms with E-state index in [4.69, 9.17) is 5.11 Å². The lowest BCUT2D eigenvalue weighted by Gasteiger charge is -1.94. The van der Waals surface area contributed by atoms with Crippen molar-refractivity contribution < 1.29 is 9.90 Å². The Bertz CT molecular complexity index is 436. The lowest BCUT2D eigenvalue weighted by atomic mass is 10.3. The summed E-state index contributed by atoms with van der Waals surface area (Å²) >= 11 is 0. The molecule has 0 spiro atoms. The fourth-order valence-electron chi connectivity index (χ4n) is 0.880. The molecule has 2 aromatic rings. The molecule has 70 valence electrons. The summed E-state index contributed by atoms with van der Waals surface area (Å²) < 4.78 is 0. The van der Waals surface area contributed by atoms with Crippen LogP contribution in [-0.2, 0) is 0 Å². The molecule has 0 bridgehead atoms. The molecule has 0 aliphatic carbocycles. The van der Waals surface area contributed by atoms with Gasteiger partial charge in [0.25, 0.3) is 0 Å². The van der Waals surface area contributed by atoms with Crippen LogP contribution in [0.3, 0.4) is 0 Å². The van der Waals surface area contributed by atoms with Crippen molar-refractivity contribution in [1.29, 1.82) is 0 Å². The van der Waals surface area contributed by atoms with Crippen LogP contribution in [-0.4, -0.2) is 36.5 Å². The Labute approximate surface area is 77.8 Å². The van der Waals surface area contributed by atoms with E-state index in [2.05, 4.69) is 25.4 Å². The van der Waals surface area contributed by atoms with Crippen molar-refractivity contribution in [2.75, 3.05) is 0 Å². The average molecular weight is 191 g/mol. The maximum absolute atomic E-state index is 10.5. The lowest BCUT2D eigenvalue weighted by Crippen LogP contribution is -1.99. The molecule has 14 heavy (non-hydrogen) atoms. The summed E-state index contributed by atoms with van der Waals surface area (Å²) in [5, 5.41) is 18.3. The number of carboxylic acid groups (broad SMARTS) is 1. The quantitative estimate of drug-likeness (QED) is 0.690. The van der Waals surface area contributed by atoms with Gasteiger partial charge in [-0.05, 0) is 0 Å². The summed E-state index contributed by atoms with van der Waals surface area (Å²) in [6.45, 7) is 0. The van der Waals surface area contributed by atoms with Crippen molar-refractivity contribution >= 4 is 5.97 Å². The summed E-state index contributed by atoms with van der Waals surface area (Å²) in [6, 6.07) is 0. The second kappa shape index (κ2) is 3.21. The number of hydrogen-bond donors (Lipinski definition) is 2. The molecular weight excluding hydrogens is 186 g/mol. The molecular formula is C7H5N5O2. The Morgan fingerprint density at radius 1 is 1.29 bits per heavy atom. The maximum atomic E-state index is 10.5. The van der Waals surface area contributed by atoms with Gasteiger partial charge in [-0.3, -0.25) is 0 Å². The first-order valence-electron chi connectivity index (χ1n) is 3.69. The molecule has 7 heteroatoms. The van der Waals surface area contributed by atoms with Crippen LogP contribution in [0.4, 0.5) is 0 Å². The first kappa shape index (κ1) is 8.30. The van der Waals surface area contributed by atoms with Crippen LogP contribution in [0.5, 0.6) is 0 Å². The number of hydrogen-bond acceptors (Lipinski definition) is 5. The normalized spacial score (nSPS) is 10.0. The van der Waals surface area contributed by atoms with Crippen LogP contribution >= 0.6 is 0 Å². The van der Waals surface area contributed by atoms with Crippen LogP contribution in [0, 0.1) is 0 Å². The van der Waals surface area contributed by atoms with Crippen molar-refractivity contribution in [1.82, 2.24) is 25.4 Å². The molecule has 0 aliphatic heterocycles. The minimum Gasteiger partial charge on any atom is -0.478 e. The number of aromatic nitrogens is 5. The molecule has 7 nitrogen and oxygen atoms in total. The van der Waals surface area contributed by atoms with Gasteiger partial charge >= 0.3 is 5.97 Å². The van der Waals surface area contributed by atoms with Crippen molar-refractivity contribution in [2.24, 2.45) is 0 Å². The summed E-state index contributed by atoms with van der Waals surface area (Å²) in [7, 11) is 0. The van der Waals surface area contributed by atoms with E-state index >= 15 is 0 Å². The van der Waals surface area contributed by atoms with Crippen molar-refractivity contribution in [3.8, 4) is 11.5 Å². The van der Waals surface area contributed by atoms with Gasteiger partial charge in [0.15, 0.2) is 5.82 Å². The summed E-state index contributed by atoms with van der Waals surface area (Å²) in [5.41, 5.74) is 0.513. The molecule has 2 rings (SSSR count). The van der Waals surface area contributed by atoms with Crippen molar-refractivity contribution in [3.63, 3.8) is 0 Å². The van der Waals surface area contributed by atoms with Gasteiger partial charge in [0.1, 0.15) is 5.69 Å². The van der Waals surface area contributed by atoms with E-state index in [1.54, 1.807) is 0 Å². The van der Waals surface area contributed by atoms with Gasteiger partial charge in [0.05, 0.1) is 11.8 Å². The number of H-pyrrole nitrogens is 1. The van der Waals surface area contributed by atoms with Gasteiger partial charge in [0, 0.05) is 12.4 Å². The third kappa shape index (κ3) is 1.42. The summed E-state index contributed by atoms with van der Waals surface area (Å²) in [6.07, 6.45) is 3.90. The van der Waals surface area contributed by atoms with Crippen LogP contribution < -0.4 is 0 Å². The second-order valence-electron chi connectivity index (χ2n) is 2.46. The largest absolute Gasteiger partial charge is 0.478 e. The van der Waals surface area contributed by atoms with Crippen LogP contribution in [0.15, 0.2) is 18.6 Å². The number of nitrogens with one attached hydrogen (secondary N) is 1. The molecule has 2 heterocycles. The molecule has 0 saturated heterocycles. The Kier molecular flexibility index (Phi) is 1.90. The van der Waals surface area contributed by atoms with Gasteiger partial charge in [-0.25, -0.2) is 14.8 Å². The second-order valence-corrected chi connectivity index (χ2v) is 2.46. The zero-order valence-corrected chi connectivity index (χ0v) is 6.88. The average Bonchev–Trinajstić information content (AvgIpc) is 2.71. The van der Waals surface area contributed by atoms with E-state index in [1.807, 2.05) is 0 Å². The minimum absolute atomic E-state index is 0.0391. The van der Waals surface area contributed by atoms with Crippen LogP contribution in [0.2, 0.25) is 0 Å². The Morgan fingerprint density at radius 2 is 2.00 bits per heavy atom. The Balaban J connectivity index is 2.36. The minimum atomic E-state index is -1.06. The van der Waals surface area contributed by atoms with Crippen LogP contribution in [0.25, 0.3) is 11.5 Å². The Hall–Kier alpha value is -2.31. The predicted octanol–water partition coefficient (Wildman–Crippen LogP) is -0.0401. The van der Waals surface area contributed by atoms with E-state index in [1.165, 1.54) is 18.6 Å². The number of carboxylic acids is 1. The van der Waals surface area contributed by atoms with Gasteiger partial charge in [-0.1, -0.05) is 0 Å². The molecule has 0 aromatic carbocycles. The van der Waals surface area contributed by atoms with E-state index in [0.29, 0.717) is 11.5 Å². The molecule has 0 fully saturated rings. The molecule has 2 aromatic heterocycles. The molecule has 0 saturated carbocycles. The zero-order valence-electron chi connectivity index (χ0n) is 6.88. The topological polar surface area (TPSA) is 105 Å². The van der Waals surface area contributed by atoms with E-state index in [-0.39, 0.29) is 5.56 Å². The van der Waals surface area contributed by atoms with E-state index in [9.17, 15) is 4.79 Å². The molecule has 0 unspecified atom stereocenters. The SMILES string of the molecule is O=C(O)c1cnc(-c2cn[nH]n2)nc1. The fourth-order valence-corrected chi connectivity index (χ4v) is 0.880. The smallest absolute Gasteiger partial charge is 0.338 e. The number of carbonyl (C=O) groups is 1. The van der Waals surface area contributed by atoms with Gasteiger partial charge < -0.3 is 5.11 Å². The Morgan fingerprint density at radius 3 is 2.50 bits per heavy atom. The number of aromatic carboxylic acids is 1. The first-order valence-corrected chi connectivity index (χ1v) is 3.69. The van der Waals surface area contributed by atoms with Crippen molar-refractivity contribution in [2.45, 2.75) is 0 Å². The van der Waals surface area contributed by atoms with E-state index < -0.39 is 5.97 Å². The van der Waals surface area contributed by atoms with Crippen molar-refractivity contribution in [3.05, 3.63) is 24.2 Å². The van der Waals surface area contributed by atoms with Gasteiger partial charge in [-0.2, -0.15) is 15.4 Å². The highest BCUT2D eigenvalue weighted by Crippen LogP contribution is 2.07. The highest BCUT2D eigenvalue weighted by molar-refractivity contribution is 5.86.